The van der Waals surface area contributed by atoms with Crippen molar-refractivity contribution in [2.24, 2.45) is 0 Å². The van der Waals surface area contributed by atoms with E-state index in [1.807, 2.05) is 17.5 Å². The normalized spacial score (nSPS) is 10.2. The summed E-state index contributed by atoms with van der Waals surface area (Å²) >= 11 is 1.67. The largest absolute Gasteiger partial charge is 0.471 e. The SMILES string of the molecule is CCCNc1cncc(OCc2cccs2)n1. The molecule has 90 valence electrons. The molecule has 2 aromatic rings. The van der Waals surface area contributed by atoms with Gasteiger partial charge in [0.2, 0.25) is 5.88 Å². The summed E-state index contributed by atoms with van der Waals surface area (Å²) in [5.74, 6) is 1.31. The summed E-state index contributed by atoms with van der Waals surface area (Å²) in [6.07, 6.45) is 4.39. The number of anilines is 1. The van der Waals surface area contributed by atoms with Gasteiger partial charge in [0.15, 0.2) is 0 Å². The van der Waals surface area contributed by atoms with Gasteiger partial charge in [-0.2, -0.15) is 4.98 Å². The first-order valence-corrected chi connectivity index (χ1v) is 6.47. The van der Waals surface area contributed by atoms with Gasteiger partial charge in [-0.15, -0.1) is 11.3 Å². The number of ether oxygens (including phenoxy) is 1. The van der Waals surface area contributed by atoms with E-state index in [1.54, 1.807) is 23.7 Å². The van der Waals surface area contributed by atoms with E-state index in [-0.39, 0.29) is 0 Å². The van der Waals surface area contributed by atoms with Gasteiger partial charge in [0.25, 0.3) is 0 Å². The molecule has 2 aromatic heterocycles. The number of hydrogen-bond donors (Lipinski definition) is 1. The van der Waals surface area contributed by atoms with Crippen molar-refractivity contribution in [3.8, 4) is 5.88 Å². The second-order valence-electron chi connectivity index (χ2n) is 3.54. The average Bonchev–Trinajstić information content (AvgIpc) is 2.87. The number of rotatable bonds is 6. The molecule has 1 N–H and O–H groups in total. The first-order valence-electron chi connectivity index (χ1n) is 5.59. The molecule has 4 nitrogen and oxygen atoms in total. The fourth-order valence-corrected chi connectivity index (χ4v) is 1.91. The summed E-state index contributed by atoms with van der Waals surface area (Å²) in [5.41, 5.74) is 0. The molecule has 17 heavy (non-hydrogen) atoms. The van der Waals surface area contributed by atoms with Gasteiger partial charge in [0, 0.05) is 11.4 Å². The van der Waals surface area contributed by atoms with Gasteiger partial charge >= 0.3 is 0 Å². The van der Waals surface area contributed by atoms with Gasteiger partial charge in [0.05, 0.1) is 12.4 Å². The lowest BCUT2D eigenvalue weighted by Crippen LogP contribution is -2.04. The minimum atomic E-state index is 0.545. The van der Waals surface area contributed by atoms with Crippen LogP contribution in [0.1, 0.15) is 18.2 Å². The predicted molar refractivity (Wildman–Crippen MR) is 69.5 cm³/mol. The standard InChI is InChI=1S/C12H15N3OS/c1-2-5-14-11-7-13-8-12(15-11)16-9-10-4-3-6-17-10/h3-4,6-8H,2,5,9H2,1H3,(H,14,15). The zero-order chi connectivity index (χ0) is 11.9. The van der Waals surface area contributed by atoms with E-state index in [9.17, 15) is 0 Å². The summed E-state index contributed by atoms with van der Waals surface area (Å²) in [6.45, 7) is 3.55. The van der Waals surface area contributed by atoms with Crippen LogP contribution in [0.3, 0.4) is 0 Å². The Morgan fingerprint density at radius 2 is 2.35 bits per heavy atom. The van der Waals surface area contributed by atoms with Crippen molar-refractivity contribution < 1.29 is 4.74 Å². The van der Waals surface area contributed by atoms with Crippen LogP contribution >= 0.6 is 11.3 Å². The van der Waals surface area contributed by atoms with Crippen LogP contribution in [0.25, 0.3) is 0 Å². The number of nitrogens with one attached hydrogen (secondary N) is 1. The highest BCUT2D eigenvalue weighted by atomic mass is 32.1. The van der Waals surface area contributed by atoms with E-state index in [4.69, 9.17) is 4.74 Å². The summed E-state index contributed by atoms with van der Waals surface area (Å²) in [7, 11) is 0. The van der Waals surface area contributed by atoms with Crippen LogP contribution < -0.4 is 10.1 Å². The lowest BCUT2D eigenvalue weighted by atomic mass is 10.5. The second kappa shape index (κ2) is 6.20. The average molecular weight is 249 g/mol. The van der Waals surface area contributed by atoms with Crippen LogP contribution in [0.4, 0.5) is 5.82 Å². The maximum atomic E-state index is 5.57. The summed E-state index contributed by atoms with van der Waals surface area (Å²) in [5, 5.41) is 5.21. The third-order valence-corrected chi connectivity index (χ3v) is 2.96. The Bertz CT molecular complexity index is 445. The quantitative estimate of drug-likeness (QED) is 0.855. The van der Waals surface area contributed by atoms with Crippen LogP contribution in [0, 0.1) is 0 Å². The van der Waals surface area contributed by atoms with Crippen LogP contribution in [0.15, 0.2) is 29.9 Å². The highest BCUT2D eigenvalue weighted by molar-refractivity contribution is 7.09. The van der Waals surface area contributed by atoms with E-state index >= 15 is 0 Å². The first-order chi connectivity index (χ1) is 8.38. The van der Waals surface area contributed by atoms with Crippen molar-refractivity contribution in [3.63, 3.8) is 0 Å². The fraction of sp³-hybridized carbons (Fsp3) is 0.333. The third-order valence-electron chi connectivity index (χ3n) is 2.11. The van der Waals surface area contributed by atoms with Crippen molar-refractivity contribution >= 4 is 17.2 Å². The van der Waals surface area contributed by atoms with Crippen LogP contribution in [-0.2, 0) is 6.61 Å². The highest BCUT2D eigenvalue weighted by Crippen LogP contribution is 2.14. The summed E-state index contributed by atoms with van der Waals surface area (Å²) < 4.78 is 5.57. The maximum absolute atomic E-state index is 5.57. The Morgan fingerprint density at radius 3 is 3.12 bits per heavy atom. The molecule has 0 fully saturated rings. The Hall–Kier alpha value is -1.62. The topological polar surface area (TPSA) is 47.0 Å². The van der Waals surface area contributed by atoms with Gasteiger partial charge in [-0.3, -0.25) is 4.98 Å². The number of nitrogens with zero attached hydrogens (tertiary/aromatic N) is 2. The summed E-state index contributed by atoms with van der Waals surface area (Å²) in [6, 6.07) is 4.05. The Kier molecular flexibility index (Phi) is 4.32. The molecule has 0 aliphatic rings. The molecule has 0 saturated heterocycles. The van der Waals surface area contributed by atoms with Gasteiger partial charge in [-0.25, -0.2) is 0 Å². The molecular weight excluding hydrogens is 234 g/mol. The van der Waals surface area contributed by atoms with Gasteiger partial charge in [0.1, 0.15) is 12.4 Å². The molecule has 0 atom stereocenters. The van der Waals surface area contributed by atoms with Crippen molar-refractivity contribution in [2.75, 3.05) is 11.9 Å². The molecular formula is C12H15N3OS. The third kappa shape index (κ3) is 3.71. The van der Waals surface area contributed by atoms with Crippen LogP contribution in [0.2, 0.25) is 0 Å². The second-order valence-corrected chi connectivity index (χ2v) is 4.57. The van der Waals surface area contributed by atoms with Crippen molar-refractivity contribution in [1.29, 1.82) is 0 Å². The predicted octanol–water partition coefficient (Wildman–Crippen LogP) is 2.94. The monoisotopic (exact) mass is 249 g/mol. The molecule has 0 aromatic carbocycles. The molecule has 0 amide bonds. The molecule has 0 aliphatic heterocycles. The van der Waals surface area contributed by atoms with Crippen LogP contribution in [0.5, 0.6) is 5.88 Å². The van der Waals surface area contributed by atoms with Crippen molar-refractivity contribution in [2.45, 2.75) is 20.0 Å². The Morgan fingerprint density at radius 1 is 1.41 bits per heavy atom. The van der Waals surface area contributed by atoms with E-state index in [2.05, 4.69) is 22.2 Å². The minimum Gasteiger partial charge on any atom is -0.471 e. The molecule has 0 radical (unpaired) electrons. The summed E-state index contributed by atoms with van der Waals surface area (Å²) in [4.78, 5) is 9.59. The Labute approximate surface area is 105 Å². The van der Waals surface area contributed by atoms with Crippen molar-refractivity contribution in [3.05, 3.63) is 34.8 Å². The molecule has 0 aliphatic carbocycles. The lowest BCUT2D eigenvalue weighted by molar-refractivity contribution is 0.296. The van der Waals surface area contributed by atoms with E-state index < -0.39 is 0 Å². The molecule has 0 spiro atoms. The van der Waals surface area contributed by atoms with Gasteiger partial charge < -0.3 is 10.1 Å². The number of aromatic nitrogens is 2. The molecule has 0 bridgehead atoms. The maximum Gasteiger partial charge on any atom is 0.234 e. The molecule has 0 saturated carbocycles. The smallest absolute Gasteiger partial charge is 0.234 e. The zero-order valence-electron chi connectivity index (χ0n) is 9.72. The Balaban J connectivity index is 1.91. The highest BCUT2D eigenvalue weighted by Gasteiger charge is 2.00. The van der Waals surface area contributed by atoms with Gasteiger partial charge in [-0.1, -0.05) is 13.0 Å². The number of thiophene rings is 1. The van der Waals surface area contributed by atoms with Gasteiger partial charge in [-0.05, 0) is 17.9 Å². The molecule has 2 rings (SSSR count). The van der Waals surface area contributed by atoms with Crippen molar-refractivity contribution in [1.82, 2.24) is 9.97 Å². The number of hydrogen-bond acceptors (Lipinski definition) is 5. The van der Waals surface area contributed by atoms with E-state index in [1.165, 1.54) is 4.88 Å². The van der Waals surface area contributed by atoms with E-state index in [0.717, 1.165) is 18.8 Å². The van der Waals surface area contributed by atoms with E-state index in [0.29, 0.717) is 12.5 Å². The molecule has 0 unspecified atom stereocenters. The van der Waals surface area contributed by atoms with Crippen LogP contribution in [-0.4, -0.2) is 16.5 Å². The minimum absolute atomic E-state index is 0.545. The first kappa shape index (κ1) is 11.9. The lowest BCUT2D eigenvalue weighted by Gasteiger charge is -2.06. The molecule has 2 heterocycles. The fourth-order valence-electron chi connectivity index (χ4n) is 1.30. The molecule has 5 heteroatoms. The zero-order valence-corrected chi connectivity index (χ0v) is 10.5.